The number of aromatic nitrogens is 1. The van der Waals surface area contributed by atoms with E-state index in [-0.39, 0.29) is 18.7 Å². The highest BCUT2D eigenvalue weighted by Crippen LogP contribution is 2.23. The first-order chi connectivity index (χ1) is 8.49. The van der Waals surface area contributed by atoms with Crippen molar-refractivity contribution in [2.45, 2.75) is 25.7 Å². The van der Waals surface area contributed by atoms with Gasteiger partial charge in [0.05, 0.1) is 10.7 Å². The molecule has 5 nitrogen and oxygen atoms in total. The van der Waals surface area contributed by atoms with E-state index in [1.54, 1.807) is 6.07 Å². The average molecular weight is 336 g/mol. The van der Waals surface area contributed by atoms with E-state index < -0.39 is 5.97 Å². The molecule has 2 N–H and O–H groups in total. The third-order valence-electron chi connectivity index (χ3n) is 2.12. The molecule has 0 radical (unpaired) electrons. The Labute approximate surface area is 118 Å². The Kier molecular flexibility index (Phi) is 6.07. The number of hydrogen-bond donors (Lipinski definition) is 2. The van der Waals surface area contributed by atoms with E-state index in [2.05, 4.69) is 26.2 Å². The second-order valence-electron chi connectivity index (χ2n) is 3.64. The van der Waals surface area contributed by atoms with Crippen LogP contribution in [0.4, 0.5) is 5.69 Å². The van der Waals surface area contributed by atoms with Gasteiger partial charge in [-0.1, -0.05) is 11.6 Å². The Morgan fingerprint density at radius 3 is 2.72 bits per heavy atom. The number of aliphatic carboxylic acids is 1. The molecule has 1 aromatic rings. The lowest BCUT2D eigenvalue weighted by atomic mass is 10.2. The van der Waals surface area contributed by atoms with Crippen molar-refractivity contribution in [2.24, 2.45) is 0 Å². The maximum atomic E-state index is 11.6. The van der Waals surface area contributed by atoms with Gasteiger partial charge in [-0.25, -0.2) is 4.98 Å². The quantitative estimate of drug-likeness (QED) is 0.618. The Bertz CT molecular complexity index is 454. The number of carbonyl (C=O) groups is 2. The van der Waals surface area contributed by atoms with Crippen molar-refractivity contribution >= 4 is 45.1 Å². The number of nitrogens with zero attached hydrogens (tertiary/aromatic N) is 1. The second-order valence-corrected chi connectivity index (χ2v) is 4.83. The normalized spacial score (nSPS) is 10.1. The molecule has 0 saturated heterocycles. The molecule has 1 aromatic heterocycles. The third-order valence-corrected chi connectivity index (χ3v) is 2.96. The van der Waals surface area contributed by atoms with E-state index in [0.29, 0.717) is 28.2 Å². The molecule has 0 fully saturated rings. The highest BCUT2D eigenvalue weighted by molar-refractivity contribution is 9.10. The van der Waals surface area contributed by atoms with Gasteiger partial charge >= 0.3 is 5.97 Å². The lowest BCUT2D eigenvalue weighted by molar-refractivity contribution is -0.137. The molecule has 0 spiro atoms. The van der Waals surface area contributed by atoms with Gasteiger partial charge in [-0.05, 0) is 34.8 Å². The number of pyridine rings is 1. The van der Waals surface area contributed by atoms with Crippen molar-refractivity contribution in [1.29, 1.82) is 0 Å². The summed E-state index contributed by atoms with van der Waals surface area (Å²) in [5.41, 5.74) is 0.505. The van der Waals surface area contributed by atoms with Gasteiger partial charge in [0, 0.05) is 19.0 Å². The van der Waals surface area contributed by atoms with Crippen LogP contribution in [-0.4, -0.2) is 22.0 Å². The summed E-state index contributed by atoms with van der Waals surface area (Å²) in [6.07, 6.45) is 2.83. The van der Waals surface area contributed by atoms with E-state index >= 15 is 0 Å². The number of carboxylic acids is 1. The van der Waals surface area contributed by atoms with Crippen LogP contribution in [0, 0.1) is 0 Å². The number of rotatable bonds is 6. The number of carboxylic acid groups (broad SMARTS) is 1. The first-order valence-electron chi connectivity index (χ1n) is 5.31. The van der Waals surface area contributed by atoms with Crippen LogP contribution in [0.3, 0.4) is 0 Å². The number of nitrogens with one attached hydrogen (secondary N) is 1. The zero-order valence-electron chi connectivity index (χ0n) is 9.45. The molecule has 0 atom stereocenters. The maximum Gasteiger partial charge on any atom is 0.303 e. The Morgan fingerprint density at radius 2 is 2.06 bits per heavy atom. The summed E-state index contributed by atoms with van der Waals surface area (Å²) < 4.78 is 0.505. The molecule has 0 aromatic carbocycles. The van der Waals surface area contributed by atoms with Crippen LogP contribution in [0.25, 0.3) is 0 Å². The zero-order valence-corrected chi connectivity index (χ0v) is 11.8. The SMILES string of the molecule is O=C(O)CCCCC(=O)Nc1cc(Cl)cnc1Br. The average Bonchev–Trinajstić information content (AvgIpc) is 2.29. The maximum absolute atomic E-state index is 11.6. The van der Waals surface area contributed by atoms with E-state index in [0.717, 1.165) is 0 Å². The molecule has 0 saturated carbocycles. The minimum atomic E-state index is -0.850. The van der Waals surface area contributed by atoms with Gasteiger partial charge in [0.1, 0.15) is 4.60 Å². The Balaban J connectivity index is 2.40. The fourth-order valence-corrected chi connectivity index (χ4v) is 1.76. The molecule has 1 rings (SSSR count). The van der Waals surface area contributed by atoms with Crippen LogP contribution < -0.4 is 5.32 Å². The standard InChI is InChI=1S/C11H12BrClN2O3/c12-11-8(5-7(13)6-14-11)15-9(16)3-1-2-4-10(17)18/h5-6H,1-4H2,(H,15,16)(H,17,18). The molecule has 0 unspecified atom stereocenters. The van der Waals surface area contributed by atoms with Crippen LogP contribution >= 0.6 is 27.5 Å². The van der Waals surface area contributed by atoms with Gasteiger partial charge < -0.3 is 10.4 Å². The third kappa shape index (κ3) is 5.46. The minimum Gasteiger partial charge on any atom is -0.481 e. The topological polar surface area (TPSA) is 79.3 Å². The number of carbonyl (C=O) groups excluding carboxylic acids is 1. The van der Waals surface area contributed by atoms with Crippen molar-refractivity contribution in [3.05, 3.63) is 21.9 Å². The van der Waals surface area contributed by atoms with Gasteiger partial charge in [0.2, 0.25) is 5.91 Å². The van der Waals surface area contributed by atoms with Crippen LogP contribution in [0.5, 0.6) is 0 Å². The smallest absolute Gasteiger partial charge is 0.303 e. The molecule has 7 heteroatoms. The number of hydrogen-bond acceptors (Lipinski definition) is 3. The highest BCUT2D eigenvalue weighted by Gasteiger charge is 2.07. The minimum absolute atomic E-state index is 0.0791. The van der Waals surface area contributed by atoms with Gasteiger partial charge in [-0.2, -0.15) is 0 Å². The fourth-order valence-electron chi connectivity index (χ4n) is 1.28. The summed E-state index contributed by atoms with van der Waals surface area (Å²) in [6.45, 7) is 0. The van der Waals surface area contributed by atoms with Crippen LogP contribution in [-0.2, 0) is 9.59 Å². The number of halogens is 2. The second kappa shape index (κ2) is 7.33. The summed E-state index contributed by atoms with van der Waals surface area (Å²) in [6, 6.07) is 1.59. The molecule has 1 heterocycles. The highest BCUT2D eigenvalue weighted by atomic mass is 79.9. The first kappa shape index (κ1) is 14.9. The Morgan fingerprint density at radius 1 is 1.39 bits per heavy atom. The van der Waals surface area contributed by atoms with Crippen LogP contribution in [0.2, 0.25) is 5.02 Å². The summed E-state index contributed by atoms with van der Waals surface area (Å²) >= 11 is 8.96. The zero-order chi connectivity index (χ0) is 13.5. The predicted octanol–water partition coefficient (Wildman–Crippen LogP) is 3.08. The van der Waals surface area contributed by atoms with Gasteiger partial charge in [0.15, 0.2) is 0 Å². The van der Waals surface area contributed by atoms with Gasteiger partial charge in [-0.15, -0.1) is 0 Å². The number of amides is 1. The largest absolute Gasteiger partial charge is 0.481 e. The van der Waals surface area contributed by atoms with Gasteiger partial charge in [-0.3, -0.25) is 9.59 Å². The van der Waals surface area contributed by atoms with E-state index in [9.17, 15) is 9.59 Å². The van der Waals surface area contributed by atoms with E-state index in [1.165, 1.54) is 6.20 Å². The molecular weight excluding hydrogens is 323 g/mol. The summed E-state index contributed by atoms with van der Waals surface area (Å²) in [5.74, 6) is -1.04. The van der Waals surface area contributed by atoms with Crippen molar-refractivity contribution in [3.63, 3.8) is 0 Å². The summed E-state index contributed by atoms with van der Waals surface area (Å²) in [5, 5.41) is 11.5. The molecule has 1 amide bonds. The fraction of sp³-hybridized carbons (Fsp3) is 0.364. The van der Waals surface area contributed by atoms with Crippen LogP contribution in [0.1, 0.15) is 25.7 Å². The molecule has 0 aliphatic rings. The molecule has 0 bridgehead atoms. The predicted molar refractivity (Wildman–Crippen MR) is 71.7 cm³/mol. The van der Waals surface area contributed by atoms with Crippen molar-refractivity contribution in [3.8, 4) is 0 Å². The Hall–Kier alpha value is -1.14. The van der Waals surface area contributed by atoms with Crippen LogP contribution in [0.15, 0.2) is 16.9 Å². The summed E-state index contributed by atoms with van der Waals surface area (Å²) in [4.78, 5) is 25.8. The lowest BCUT2D eigenvalue weighted by Crippen LogP contribution is -2.12. The molecule has 98 valence electrons. The molecule has 18 heavy (non-hydrogen) atoms. The monoisotopic (exact) mass is 334 g/mol. The van der Waals surface area contributed by atoms with Crippen molar-refractivity contribution < 1.29 is 14.7 Å². The first-order valence-corrected chi connectivity index (χ1v) is 6.49. The molecule has 0 aliphatic heterocycles. The van der Waals surface area contributed by atoms with E-state index in [4.69, 9.17) is 16.7 Å². The number of anilines is 1. The molecular formula is C11H12BrClN2O3. The van der Waals surface area contributed by atoms with Crippen molar-refractivity contribution in [1.82, 2.24) is 4.98 Å². The lowest BCUT2D eigenvalue weighted by Gasteiger charge is -2.06. The number of unbranched alkanes of at least 4 members (excludes halogenated alkanes) is 1. The van der Waals surface area contributed by atoms with Crippen molar-refractivity contribution in [2.75, 3.05) is 5.32 Å². The molecule has 0 aliphatic carbocycles. The van der Waals surface area contributed by atoms with Gasteiger partial charge in [0.25, 0.3) is 0 Å². The summed E-state index contributed by atoms with van der Waals surface area (Å²) in [7, 11) is 0. The van der Waals surface area contributed by atoms with E-state index in [1.807, 2.05) is 0 Å².